The van der Waals surface area contributed by atoms with Crippen molar-refractivity contribution >= 4 is 11.8 Å². The lowest BCUT2D eigenvalue weighted by Crippen LogP contribution is -2.15. The van der Waals surface area contributed by atoms with Crippen LogP contribution in [-0.2, 0) is 0 Å². The molecule has 1 heterocycles. The SMILES string of the molecule is Cc1ccc2c(c1)SC(C)C2N. The highest BCUT2D eigenvalue weighted by atomic mass is 32.2. The Balaban J connectivity index is 2.47. The van der Waals surface area contributed by atoms with Crippen molar-refractivity contribution in [1.29, 1.82) is 0 Å². The Bertz CT molecular complexity index is 309. The summed E-state index contributed by atoms with van der Waals surface area (Å²) in [6, 6.07) is 6.75. The van der Waals surface area contributed by atoms with E-state index in [1.165, 1.54) is 16.0 Å². The summed E-state index contributed by atoms with van der Waals surface area (Å²) in [4.78, 5) is 1.37. The van der Waals surface area contributed by atoms with E-state index in [0.717, 1.165) is 0 Å². The van der Waals surface area contributed by atoms with E-state index in [1.54, 1.807) is 0 Å². The van der Waals surface area contributed by atoms with Crippen LogP contribution in [0.15, 0.2) is 23.1 Å². The molecule has 0 saturated carbocycles. The number of fused-ring (bicyclic) bond motifs is 1. The Morgan fingerprint density at radius 2 is 2.17 bits per heavy atom. The standard InChI is InChI=1S/C10H13NS/c1-6-3-4-8-9(5-6)12-7(2)10(8)11/h3-5,7,10H,11H2,1-2H3. The lowest BCUT2D eigenvalue weighted by Gasteiger charge is -2.07. The van der Waals surface area contributed by atoms with Crippen molar-refractivity contribution in [2.24, 2.45) is 5.73 Å². The average Bonchev–Trinajstić information content (AvgIpc) is 2.28. The van der Waals surface area contributed by atoms with Crippen molar-refractivity contribution in [2.45, 2.75) is 30.0 Å². The monoisotopic (exact) mass is 179 g/mol. The van der Waals surface area contributed by atoms with Crippen LogP contribution in [0, 0.1) is 6.92 Å². The number of hydrogen-bond acceptors (Lipinski definition) is 2. The molecular weight excluding hydrogens is 166 g/mol. The zero-order valence-electron chi connectivity index (χ0n) is 7.37. The maximum atomic E-state index is 6.02. The van der Waals surface area contributed by atoms with Crippen molar-refractivity contribution in [1.82, 2.24) is 0 Å². The summed E-state index contributed by atoms with van der Waals surface area (Å²) in [6.07, 6.45) is 0. The molecule has 12 heavy (non-hydrogen) atoms. The molecule has 0 bridgehead atoms. The fourth-order valence-corrected chi connectivity index (χ4v) is 2.83. The molecule has 2 unspecified atom stereocenters. The lowest BCUT2D eigenvalue weighted by molar-refractivity contribution is 0.724. The van der Waals surface area contributed by atoms with E-state index < -0.39 is 0 Å². The van der Waals surface area contributed by atoms with Gasteiger partial charge in [0.25, 0.3) is 0 Å². The molecule has 2 rings (SSSR count). The molecule has 0 spiro atoms. The van der Waals surface area contributed by atoms with Crippen LogP contribution < -0.4 is 5.73 Å². The van der Waals surface area contributed by atoms with Gasteiger partial charge >= 0.3 is 0 Å². The zero-order valence-corrected chi connectivity index (χ0v) is 8.19. The number of hydrogen-bond donors (Lipinski definition) is 1. The third kappa shape index (κ3) is 1.15. The molecule has 1 aromatic carbocycles. The molecule has 1 aliphatic rings. The van der Waals surface area contributed by atoms with Gasteiger partial charge in [0.1, 0.15) is 0 Å². The largest absolute Gasteiger partial charge is 0.323 e. The van der Waals surface area contributed by atoms with Crippen LogP contribution in [-0.4, -0.2) is 5.25 Å². The molecule has 2 N–H and O–H groups in total. The third-order valence-corrected chi connectivity index (χ3v) is 3.62. The molecular formula is C10H13NS. The second kappa shape index (κ2) is 2.79. The highest BCUT2D eigenvalue weighted by Gasteiger charge is 2.26. The first-order chi connectivity index (χ1) is 5.68. The topological polar surface area (TPSA) is 26.0 Å². The molecule has 1 aliphatic heterocycles. The Hall–Kier alpha value is -0.470. The van der Waals surface area contributed by atoms with Gasteiger partial charge in [0.05, 0.1) is 0 Å². The van der Waals surface area contributed by atoms with Gasteiger partial charge in [-0.05, 0) is 24.1 Å². The predicted molar refractivity (Wildman–Crippen MR) is 53.4 cm³/mol. The van der Waals surface area contributed by atoms with E-state index in [4.69, 9.17) is 5.73 Å². The van der Waals surface area contributed by atoms with Gasteiger partial charge in [0.2, 0.25) is 0 Å². The molecule has 64 valence electrons. The van der Waals surface area contributed by atoms with Crippen LogP contribution in [0.1, 0.15) is 24.1 Å². The molecule has 0 saturated heterocycles. The summed E-state index contributed by atoms with van der Waals surface area (Å²) >= 11 is 1.89. The van der Waals surface area contributed by atoms with Crippen molar-refractivity contribution in [3.63, 3.8) is 0 Å². The van der Waals surface area contributed by atoms with Gasteiger partial charge in [-0.2, -0.15) is 0 Å². The minimum absolute atomic E-state index is 0.227. The summed E-state index contributed by atoms with van der Waals surface area (Å²) < 4.78 is 0. The van der Waals surface area contributed by atoms with E-state index in [1.807, 2.05) is 11.8 Å². The molecule has 2 heteroatoms. The van der Waals surface area contributed by atoms with E-state index in [-0.39, 0.29) is 6.04 Å². The van der Waals surface area contributed by atoms with Gasteiger partial charge in [-0.3, -0.25) is 0 Å². The fraction of sp³-hybridized carbons (Fsp3) is 0.400. The van der Waals surface area contributed by atoms with E-state index >= 15 is 0 Å². The lowest BCUT2D eigenvalue weighted by atomic mass is 10.0. The minimum atomic E-state index is 0.227. The molecule has 1 aromatic rings. The first-order valence-electron chi connectivity index (χ1n) is 4.21. The van der Waals surface area contributed by atoms with Gasteiger partial charge in [0.15, 0.2) is 0 Å². The Kier molecular flexibility index (Phi) is 1.89. The quantitative estimate of drug-likeness (QED) is 0.662. The van der Waals surface area contributed by atoms with Crippen LogP contribution >= 0.6 is 11.8 Å². The molecule has 0 aromatic heterocycles. The van der Waals surface area contributed by atoms with E-state index in [9.17, 15) is 0 Å². The first kappa shape index (κ1) is 8.14. The number of benzene rings is 1. The molecule has 2 atom stereocenters. The molecule has 0 fully saturated rings. The average molecular weight is 179 g/mol. The van der Waals surface area contributed by atoms with E-state index in [0.29, 0.717) is 5.25 Å². The number of nitrogens with two attached hydrogens (primary N) is 1. The van der Waals surface area contributed by atoms with Crippen LogP contribution in [0.4, 0.5) is 0 Å². The first-order valence-corrected chi connectivity index (χ1v) is 5.09. The molecule has 0 amide bonds. The minimum Gasteiger partial charge on any atom is -0.323 e. The Labute approximate surface area is 77.3 Å². The van der Waals surface area contributed by atoms with Crippen LogP contribution in [0.5, 0.6) is 0 Å². The highest BCUT2D eigenvalue weighted by molar-refractivity contribution is 8.00. The third-order valence-electron chi connectivity index (χ3n) is 2.35. The second-order valence-corrected chi connectivity index (χ2v) is 4.81. The maximum absolute atomic E-state index is 6.02. The number of thioether (sulfide) groups is 1. The Morgan fingerprint density at radius 1 is 1.42 bits per heavy atom. The number of rotatable bonds is 0. The smallest absolute Gasteiger partial charge is 0.0427 e. The van der Waals surface area contributed by atoms with Crippen molar-refractivity contribution in [2.75, 3.05) is 0 Å². The molecule has 1 nitrogen and oxygen atoms in total. The van der Waals surface area contributed by atoms with Gasteiger partial charge < -0.3 is 5.73 Å². The van der Waals surface area contributed by atoms with Crippen molar-refractivity contribution < 1.29 is 0 Å². The van der Waals surface area contributed by atoms with Gasteiger partial charge in [-0.1, -0.05) is 19.1 Å². The van der Waals surface area contributed by atoms with Crippen LogP contribution in [0.2, 0.25) is 0 Å². The summed E-state index contributed by atoms with van der Waals surface area (Å²) in [5, 5.41) is 0.529. The maximum Gasteiger partial charge on any atom is 0.0427 e. The normalized spacial score (nSPS) is 27.2. The zero-order chi connectivity index (χ0) is 8.72. The number of aryl methyl sites for hydroxylation is 1. The second-order valence-electron chi connectivity index (χ2n) is 3.39. The molecule has 0 aliphatic carbocycles. The molecule has 0 radical (unpaired) electrons. The van der Waals surface area contributed by atoms with Crippen LogP contribution in [0.25, 0.3) is 0 Å². The summed E-state index contributed by atoms with van der Waals surface area (Å²) in [7, 11) is 0. The van der Waals surface area contributed by atoms with E-state index in [2.05, 4.69) is 32.0 Å². The Morgan fingerprint density at radius 3 is 2.92 bits per heavy atom. The fourth-order valence-electron chi connectivity index (χ4n) is 1.55. The summed E-state index contributed by atoms with van der Waals surface area (Å²) in [6.45, 7) is 4.31. The van der Waals surface area contributed by atoms with Gasteiger partial charge in [-0.25, -0.2) is 0 Å². The summed E-state index contributed by atoms with van der Waals surface area (Å²) in [5.74, 6) is 0. The van der Waals surface area contributed by atoms with Gasteiger partial charge in [0, 0.05) is 16.2 Å². The van der Waals surface area contributed by atoms with Crippen molar-refractivity contribution in [3.8, 4) is 0 Å². The van der Waals surface area contributed by atoms with Crippen molar-refractivity contribution in [3.05, 3.63) is 29.3 Å². The van der Waals surface area contributed by atoms with Gasteiger partial charge in [-0.15, -0.1) is 11.8 Å². The predicted octanol–water partition coefficient (Wildman–Crippen LogP) is 2.49. The summed E-state index contributed by atoms with van der Waals surface area (Å²) in [5.41, 5.74) is 8.66. The van der Waals surface area contributed by atoms with Crippen LogP contribution in [0.3, 0.4) is 0 Å². The highest BCUT2D eigenvalue weighted by Crippen LogP contribution is 2.42.